The predicted molar refractivity (Wildman–Crippen MR) is 90.3 cm³/mol. The van der Waals surface area contributed by atoms with Crippen LogP contribution in [0.2, 0.25) is 5.02 Å². The molecule has 134 valence electrons. The van der Waals surface area contributed by atoms with Gasteiger partial charge in [0.1, 0.15) is 5.69 Å². The van der Waals surface area contributed by atoms with Gasteiger partial charge in [0, 0.05) is 13.0 Å². The highest BCUT2D eigenvalue weighted by atomic mass is 35.5. The van der Waals surface area contributed by atoms with E-state index in [1.54, 1.807) is 0 Å². The summed E-state index contributed by atoms with van der Waals surface area (Å²) in [6.45, 7) is 7.07. The topological polar surface area (TPSA) is 117 Å². The van der Waals surface area contributed by atoms with Crippen LogP contribution in [-0.4, -0.2) is 40.4 Å². The van der Waals surface area contributed by atoms with E-state index in [1.807, 2.05) is 0 Å². The van der Waals surface area contributed by atoms with E-state index in [9.17, 15) is 13.2 Å². The van der Waals surface area contributed by atoms with Gasteiger partial charge in [-0.3, -0.25) is 15.0 Å². The van der Waals surface area contributed by atoms with Gasteiger partial charge in [0.2, 0.25) is 10.0 Å². The number of aromatic nitrogens is 2. The van der Waals surface area contributed by atoms with Crippen molar-refractivity contribution >= 4 is 33.2 Å². The number of sulfonamides is 1. The first kappa shape index (κ1) is 18.2. The minimum atomic E-state index is -3.88. The summed E-state index contributed by atoms with van der Waals surface area (Å²) in [5.74, 6) is -0.790. The van der Waals surface area contributed by atoms with Crippen LogP contribution < -0.4 is 5.48 Å². The first-order chi connectivity index (χ1) is 12.4. The summed E-state index contributed by atoms with van der Waals surface area (Å²) in [5, 5.41) is 8.62. The molecule has 0 saturated carbocycles. The van der Waals surface area contributed by atoms with Crippen LogP contribution in [0.4, 0.5) is 5.69 Å². The normalized spacial score (nSPS) is 14.3. The van der Waals surface area contributed by atoms with E-state index in [1.165, 1.54) is 28.0 Å². The average molecular weight is 394 g/mol. The number of nitrogens with one attached hydrogen (secondary N) is 1. The molecule has 0 fully saturated rings. The van der Waals surface area contributed by atoms with Crippen LogP contribution in [0.5, 0.6) is 0 Å². The van der Waals surface area contributed by atoms with E-state index in [0.717, 1.165) is 6.20 Å². The van der Waals surface area contributed by atoms with Crippen LogP contribution in [0, 0.1) is 6.57 Å². The summed E-state index contributed by atoms with van der Waals surface area (Å²) in [5.41, 5.74) is 2.58. The Morgan fingerprint density at radius 1 is 1.38 bits per heavy atom. The van der Waals surface area contributed by atoms with Crippen LogP contribution in [-0.2, 0) is 23.0 Å². The number of rotatable bonds is 3. The third-order valence-electron chi connectivity index (χ3n) is 3.85. The van der Waals surface area contributed by atoms with Gasteiger partial charge in [0.05, 0.1) is 40.6 Å². The quantitative estimate of drug-likeness (QED) is 0.464. The van der Waals surface area contributed by atoms with Gasteiger partial charge in [-0.2, -0.15) is 4.31 Å². The predicted octanol–water partition coefficient (Wildman–Crippen LogP) is 1.55. The Morgan fingerprint density at radius 2 is 2.15 bits per heavy atom. The van der Waals surface area contributed by atoms with E-state index in [4.69, 9.17) is 23.4 Å². The Balaban J connectivity index is 1.90. The summed E-state index contributed by atoms with van der Waals surface area (Å²) >= 11 is 6.04. The van der Waals surface area contributed by atoms with Crippen LogP contribution in [0.15, 0.2) is 29.3 Å². The fourth-order valence-corrected chi connectivity index (χ4v) is 4.46. The van der Waals surface area contributed by atoms with Crippen LogP contribution in [0.25, 0.3) is 4.85 Å². The number of hydroxylamine groups is 1. The molecule has 2 N–H and O–H groups in total. The van der Waals surface area contributed by atoms with Crippen molar-refractivity contribution in [2.45, 2.75) is 17.9 Å². The van der Waals surface area contributed by atoms with E-state index in [-0.39, 0.29) is 40.8 Å². The highest BCUT2D eigenvalue weighted by Crippen LogP contribution is 2.30. The molecule has 11 heteroatoms. The van der Waals surface area contributed by atoms with Crippen molar-refractivity contribution in [1.82, 2.24) is 19.8 Å². The smallest absolute Gasteiger partial charge is 0.288 e. The zero-order valence-electron chi connectivity index (χ0n) is 13.2. The number of amides is 1. The molecule has 0 atom stereocenters. The van der Waals surface area contributed by atoms with E-state index >= 15 is 0 Å². The number of halogens is 1. The van der Waals surface area contributed by atoms with Crippen LogP contribution in [0.1, 0.15) is 21.9 Å². The Bertz CT molecular complexity index is 1030. The van der Waals surface area contributed by atoms with Crippen molar-refractivity contribution in [3.8, 4) is 0 Å². The molecule has 1 aromatic carbocycles. The third kappa shape index (κ3) is 3.25. The summed E-state index contributed by atoms with van der Waals surface area (Å²) in [7, 11) is -3.88. The molecule has 1 aromatic heterocycles. The molecule has 9 nitrogen and oxygen atoms in total. The Kier molecular flexibility index (Phi) is 4.88. The molecule has 0 spiro atoms. The fourth-order valence-electron chi connectivity index (χ4n) is 2.54. The molecule has 2 aromatic rings. The van der Waals surface area contributed by atoms with Crippen LogP contribution in [0.3, 0.4) is 0 Å². The zero-order chi connectivity index (χ0) is 18.9. The average Bonchev–Trinajstić information content (AvgIpc) is 2.66. The first-order valence-corrected chi connectivity index (χ1v) is 9.15. The summed E-state index contributed by atoms with van der Waals surface area (Å²) in [6.07, 6.45) is 1.42. The summed E-state index contributed by atoms with van der Waals surface area (Å²) < 4.78 is 26.9. The summed E-state index contributed by atoms with van der Waals surface area (Å²) in [6, 6.07) is 4.00. The minimum absolute atomic E-state index is 0.0212. The van der Waals surface area contributed by atoms with Gasteiger partial charge in [-0.1, -0.05) is 23.7 Å². The lowest BCUT2D eigenvalue weighted by Gasteiger charge is -2.27. The maximum atomic E-state index is 12.9. The molecule has 0 radical (unpaired) electrons. The van der Waals surface area contributed by atoms with Crippen molar-refractivity contribution in [3.63, 3.8) is 0 Å². The number of fused-ring (bicyclic) bond motifs is 1. The van der Waals surface area contributed by atoms with E-state index in [2.05, 4.69) is 14.8 Å². The molecule has 1 aliphatic rings. The zero-order valence-corrected chi connectivity index (χ0v) is 14.8. The molecule has 0 aliphatic carbocycles. The summed E-state index contributed by atoms with van der Waals surface area (Å²) in [4.78, 5) is 22.7. The van der Waals surface area contributed by atoms with Gasteiger partial charge in [0.15, 0.2) is 5.69 Å². The lowest BCUT2D eigenvalue weighted by Crippen LogP contribution is -2.37. The second-order valence-corrected chi connectivity index (χ2v) is 7.72. The standard InChI is InChI=1S/C15H12ClN5O4S/c1-17-9-2-3-14(10(16)6-9)26(24,25)21-5-4-11-13(8-21)18-7-12(19-11)15(22)20-23/h2-3,6-7,23H,4-5,8H2,(H,20,22). The molecular weight excluding hydrogens is 382 g/mol. The highest BCUT2D eigenvalue weighted by molar-refractivity contribution is 7.89. The number of carbonyl (C=O) groups excluding carboxylic acids is 1. The largest absolute Gasteiger partial charge is 0.294 e. The highest BCUT2D eigenvalue weighted by Gasteiger charge is 2.31. The maximum absolute atomic E-state index is 12.9. The minimum Gasteiger partial charge on any atom is -0.288 e. The second kappa shape index (κ2) is 6.97. The SMILES string of the molecule is [C-]#[N+]c1ccc(S(=O)(=O)N2CCc3nc(C(=O)NO)cnc3C2)c(Cl)c1. The Labute approximate surface area is 154 Å². The molecule has 26 heavy (non-hydrogen) atoms. The number of nitrogens with zero attached hydrogens (tertiary/aromatic N) is 4. The van der Waals surface area contributed by atoms with Gasteiger partial charge in [-0.15, -0.1) is 0 Å². The molecule has 0 saturated heterocycles. The Morgan fingerprint density at radius 3 is 2.81 bits per heavy atom. The van der Waals surface area contributed by atoms with Gasteiger partial charge >= 0.3 is 0 Å². The van der Waals surface area contributed by atoms with Crippen molar-refractivity contribution in [2.75, 3.05) is 6.54 Å². The molecule has 1 amide bonds. The third-order valence-corrected chi connectivity index (χ3v) is 6.18. The van der Waals surface area contributed by atoms with Crippen molar-refractivity contribution in [1.29, 1.82) is 0 Å². The van der Waals surface area contributed by atoms with Gasteiger partial charge in [-0.25, -0.2) is 23.7 Å². The first-order valence-electron chi connectivity index (χ1n) is 7.33. The molecule has 1 aliphatic heterocycles. The lowest BCUT2D eigenvalue weighted by atomic mass is 10.1. The number of hydrogen-bond donors (Lipinski definition) is 2. The Hall–Kier alpha value is -2.58. The van der Waals surface area contributed by atoms with Crippen molar-refractivity contribution in [3.05, 3.63) is 57.9 Å². The number of hydrogen-bond acceptors (Lipinski definition) is 6. The van der Waals surface area contributed by atoms with E-state index < -0.39 is 15.9 Å². The fraction of sp³-hybridized carbons (Fsp3) is 0.200. The molecule has 0 unspecified atom stereocenters. The monoisotopic (exact) mass is 393 g/mol. The van der Waals surface area contributed by atoms with Crippen molar-refractivity contribution < 1.29 is 18.4 Å². The van der Waals surface area contributed by atoms with Gasteiger partial charge in [0.25, 0.3) is 5.91 Å². The van der Waals surface area contributed by atoms with Crippen LogP contribution >= 0.6 is 11.6 Å². The molecule has 3 rings (SSSR count). The lowest BCUT2D eigenvalue weighted by molar-refractivity contribution is 0.0699. The van der Waals surface area contributed by atoms with Gasteiger partial charge in [-0.05, 0) is 6.07 Å². The molecular formula is C15H12ClN5O4S. The van der Waals surface area contributed by atoms with E-state index in [0.29, 0.717) is 11.4 Å². The number of benzene rings is 1. The molecule has 2 heterocycles. The molecule has 0 bridgehead atoms. The number of carbonyl (C=O) groups is 1. The van der Waals surface area contributed by atoms with Gasteiger partial charge < -0.3 is 0 Å². The maximum Gasteiger partial charge on any atom is 0.294 e. The van der Waals surface area contributed by atoms with Crippen molar-refractivity contribution in [2.24, 2.45) is 0 Å². The second-order valence-electron chi connectivity index (χ2n) is 5.40.